The predicted octanol–water partition coefficient (Wildman–Crippen LogP) is 7.05. The first-order valence-corrected chi connectivity index (χ1v) is 11.2. The molecule has 164 valence electrons. The van der Waals surface area contributed by atoms with E-state index in [1.807, 2.05) is 72.8 Å². The number of para-hydroxylation sites is 3. The van der Waals surface area contributed by atoms with Gasteiger partial charge in [0.15, 0.2) is 0 Å². The fraction of sp³-hybridized carbons (Fsp3) is 0.0333. The predicted molar refractivity (Wildman–Crippen MR) is 135 cm³/mol. The number of benzene rings is 4. The molecule has 0 saturated heterocycles. The van der Waals surface area contributed by atoms with Crippen molar-refractivity contribution >= 4 is 39.8 Å². The Morgan fingerprint density at radius 2 is 1.47 bits per heavy atom. The maximum atomic E-state index is 13.6. The smallest absolute Gasteiger partial charge is 0.263 e. The summed E-state index contributed by atoms with van der Waals surface area (Å²) in [7, 11) is 0. The molecule has 4 aromatic carbocycles. The van der Waals surface area contributed by atoms with Crippen molar-refractivity contribution in [2.45, 2.75) is 6.54 Å². The first kappa shape index (κ1) is 20.2. The molecule has 5 aromatic rings. The first-order chi connectivity index (χ1) is 16.7. The van der Waals surface area contributed by atoms with Gasteiger partial charge in [-0.2, -0.15) is 0 Å². The van der Waals surface area contributed by atoms with E-state index in [9.17, 15) is 9.18 Å². The molecule has 34 heavy (non-hydrogen) atoms. The van der Waals surface area contributed by atoms with Gasteiger partial charge in [0.2, 0.25) is 0 Å². The van der Waals surface area contributed by atoms with Crippen LogP contribution in [-0.4, -0.2) is 10.5 Å². The molecule has 1 amide bonds. The van der Waals surface area contributed by atoms with Gasteiger partial charge >= 0.3 is 0 Å². The average Bonchev–Trinajstić information content (AvgIpc) is 3.36. The van der Waals surface area contributed by atoms with E-state index < -0.39 is 0 Å². The van der Waals surface area contributed by atoms with Crippen LogP contribution >= 0.6 is 0 Å². The molecule has 0 radical (unpaired) electrons. The third-order valence-electron chi connectivity index (χ3n) is 6.27. The van der Waals surface area contributed by atoms with Gasteiger partial charge in [0, 0.05) is 40.5 Å². The molecule has 1 aromatic heterocycles. The minimum Gasteiger partial charge on any atom is -0.342 e. The number of aromatic nitrogens is 1. The number of halogens is 1. The van der Waals surface area contributed by atoms with E-state index in [-0.39, 0.29) is 11.7 Å². The van der Waals surface area contributed by atoms with Crippen LogP contribution in [0.5, 0.6) is 0 Å². The van der Waals surface area contributed by atoms with Gasteiger partial charge in [-0.1, -0.05) is 66.7 Å². The zero-order valence-electron chi connectivity index (χ0n) is 18.4. The van der Waals surface area contributed by atoms with Gasteiger partial charge in [0.25, 0.3) is 5.91 Å². The van der Waals surface area contributed by atoms with E-state index in [0.29, 0.717) is 12.1 Å². The van der Waals surface area contributed by atoms with Crippen LogP contribution in [0.3, 0.4) is 0 Å². The minimum atomic E-state index is -0.243. The van der Waals surface area contributed by atoms with Crippen molar-refractivity contribution in [2.75, 3.05) is 4.90 Å². The van der Waals surface area contributed by atoms with Gasteiger partial charge in [0.05, 0.1) is 11.3 Å². The second-order valence-corrected chi connectivity index (χ2v) is 8.41. The van der Waals surface area contributed by atoms with Crippen molar-refractivity contribution < 1.29 is 9.18 Å². The highest BCUT2D eigenvalue weighted by Gasteiger charge is 2.33. The molecule has 0 unspecified atom stereocenters. The van der Waals surface area contributed by atoms with Gasteiger partial charge < -0.3 is 4.57 Å². The summed E-state index contributed by atoms with van der Waals surface area (Å²) in [6.07, 6.45) is 4.07. The van der Waals surface area contributed by atoms with Crippen LogP contribution in [0.4, 0.5) is 15.8 Å². The number of fused-ring (bicyclic) bond motifs is 2. The zero-order valence-corrected chi connectivity index (χ0v) is 18.4. The largest absolute Gasteiger partial charge is 0.342 e. The maximum absolute atomic E-state index is 13.6. The standard InChI is InChI=1S/C30H21FN2O/c31-23-16-14-21(15-17-23)19-32-20-22(25-10-4-6-12-28(25)32)18-27-26-11-5-7-13-29(26)33(30(27)34)24-8-2-1-3-9-24/h1-18,20H,19H2/b27-18+. The summed E-state index contributed by atoms with van der Waals surface area (Å²) in [5.74, 6) is -0.282. The van der Waals surface area contributed by atoms with Crippen molar-refractivity contribution in [3.63, 3.8) is 0 Å². The van der Waals surface area contributed by atoms with Crippen molar-refractivity contribution in [3.05, 3.63) is 132 Å². The van der Waals surface area contributed by atoms with Crippen LogP contribution in [0, 0.1) is 5.82 Å². The van der Waals surface area contributed by atoms with E-state index in [1.165, 1.54) is 12.1 Å². The van der Waals surface area contributed by atoms with E-state index >= 15 is 0 Å². The lowest BCUT2D eigenvalue weighted by Gasteiger charge is -2.16. The highest BCUT2D eigenvalue weighted by molar-refractivity contribution is 6.38. The lowest BCUT2D eigenvalue weighted by Crippen LogP contribution is -2.20. The maximum Gasteiger partial charge on any atom is 0.263 e. The van der Waals surface area contributed by atoms with Crippen molar-refractivity contribution in [1.82, 2.24) is 4.57 Å². The van der Waals surface area contributed by atoms with Gasteiger partial charge in [0.1, 0.15) is 5.82 Å². The molecule has 0 bridgehead atoms. The zero-order chi connectivity index (χ0) is 23.1. The highest BCUT2D eigenvalue weighted by Crippen LogP contribution is 2.42. The van der Waals surface area contributed by atoms with Crippen LogP contribution in [0.15, 0.2) is 109 Å². The van der Waals surface area contributed by atoms with E-state index in [2.05, 4.69) is 22.9 Å². The summed E-state index contributed by atoms with van der Waals surface area (Å²) >= 11 is 0. The molecular formula is C30H21FN2O. The molecule has 0 saturated carbocycles. The normalized spacial score (nSPS) is 14.2. The summed E-state index contributed by atoms with van der Waals surface area (Å²) in [6, 6.07) is 32.4. The van der Waals surface area contributed by atoms with E-state index in [4.69, 9.17) is 0 Å². The molecule has 6 rings (SSSR count). The summed E-state index contributed by atoms with van der Waals surface area (Å²) < 4.78 is 15.5. The number of carbonyl (C=O) groups is 1. The summed E-state index contributed by atoms with van der Waals surface area (Å²) in [4.78, 5) is 15.4. The number of amides is 1. The van der Waals surface area contributed by atoms with Crippen LogP contribution in [0.1, 0.15) is 16.7 Å². The second kappa shape index (κ2) is 8.16. The van der Waals surface area contributed by atoms with Gasteiger partial charge in [-0.25, -0.2) is 4.39 Å². The molecule has 0 fully saturated rings. The Labute approximate surface area is 197 Å². The Kier molecular flexibility index (Phi) is 4.84. The molecule has 1 aliphatic rings. The van der Waals surface area contributed by atoms with Crippen LogP contribution < -0.4 is 4.90 Å². The third-order valence-corrected chi connectivity index (χ3v) is 6.27. The quantitative estimate of drug-likeness (QED) is 0.273. The number of hydrogen-bond donors (Lipinski definition) is 0. The Morgan fingerprint density at radius 1 is 0.765 bits per heavy atom. The molecule has 4 heteroatoms. The molecule has 0 atom stereocenters. The molecule has 0 N–H and O–H groups in total. The first-order valence-electron chi connectivity index (χ1n) is 11.2. The topological polar surface area (TPSA) is 25.2 Å². The lowest BCUT2D eigenvalue weighted by atomic mass is 10.0. The summed E-state index contributed by atoms with van der Waals surface area (Å²) in [5.41, 5.74) is 6.39. The van der Waals surface area contributed by atoms with E-state index in [0.717, 1.165) is 39.0 Å². The second-order valence-electron chi connectivity index (χ2n) is 8.41. The van der Waals surface area contributed by atoms with E-state index in [1.54, 1.807) is 17.0 Å². The Bertz CT molecular complexity index is 1550. The molecule has 0 spiro atoms. The van der Waals surface area contributed by atoms with Gasteiger partial charge in [-0.3, -0.25) is 9.69 Å². The monoisotopic (exact) mass is 444 g/mol. The third kappa shape index (κ3) is 3.41. The molecule has 1 aliphatic heterocycles. The fourth-order valence-electron chi connectivity index (χ4n) is 4.68. The summed E-state index contributed by atoms with van der Waals surface area (Å²) in [6.45, 7) is 0.616. The van der Waals surface area contributed by atoms with Crippen LogP contribution in [0.25, 0.3) is 22.6 Å². The summed E-state index contributed by atoms with van der Waals surface area (Å²) in [5, 5.41) is 1.07. The fourth-order valence-corrected chi connectivity index (χ4v) is 4.68. The molecular weight excluding hydrogens is 423 g/mol. The molecule has 2 heterocycles. The Morgan fingerprint density at radius 3 is 2.29 bits per heavy atom. The molecule has 3 nitrogen and oxygen atoms in total. The highest BCUT2D eigenvalue weighted by atomic mass is 19.1. The van der Waals surface area contributed by atoms with Crippen LogP contribution in [0.2, 0.25) is 0 Å². The Hall–Kier alpha value is -4.44. The van der Waals surface area contributed by atoms with Crippen molar-refractivity contribution in [3.8, 4) is 0 Å². The number of rotatable bonds is 4. The SMILES string of the molecule is O=C1/C(=C/c2cn(Cc3ccc(F)cc3)c3ccccc23)c2ccccc2N1c1ccccc1. The van der Waals surface area contributed by atoms with Crippen molar-refractivity contribution in [2.24, 2.45) is 0 Å². The Balaban J connectivity index is 1.47. The number of anilines is 2. The number of carbonyl (C=O) groups excluding carboxylic acids is 1. The van der Waals surface area contributed by atoms with Gasteiger partial charge in [-0.15, -0.1) is 0 Å². The molecule has 0 aliphatic carbocycles. The van der Waals surface area contributed by atoms with Crippen LogP contribution in [-0.2, 0) is 11.3 Å². The number of nitrogens with zero attached hydrogens (tertiary/aromatic N) is 2. The van der Waals surface area contributed by atoms with Crippen molar-refractivity contribution in [1.29, 1.82) is 0 Å². The minimum absolute atomic E-state index is 0.0391. The van der Waals surface area contributed by atoms with Gasteiger partial charge in [-0.05, 0) is 48.0 Å². The lowest BCUT2D eigenvalue weighted by molar-refractivity contribution is -0.112. The average molecular weight is 445 g/mol. The number of hydrogen-bond acceptors (Lipinski definition) is 1.